The minimum Gasteiger partial charge on any atom is -0.489 e. The molecule has 3 N–H and O–H groups in total. The van der Waals surface area contributed by atoms with Crippen LogP contribution < -0.4 is 15.8 Å². The van der Waals surface area contributed by atoms with Gasteiger partial charge in [-0.1, -0.05) is 23.2 Å². The Morgan fingerprint density at radius 1 is 1.12 bits per heavy atom. The van der Waals surface area contributed by atoms with Gasteiger partial charge in [-0.05, 0) is 74.9 Å². The number of ether oxygens (including phenoxy) is 1. The molecule has 4 aromatic rings. The van der Waals surface area contributed by atoms with E-state index in [1.165, 1.54) is 12.1 Å². The molecule has 0 bridgehead atoms. The number of nitrogens with two attached hydrogens (primary N) is 1. The molecule has 3 aliphatic rings. The normalized spacial score (nSPS) is 20.3. The van der Waals surface area contributed by atoms with Gasteiger partial charge in [0, 0.05) is 40.8 Å². The van der Waals surface area contributed by atoms with Crippen molar-refractivity contribution >= 4 is 46.1 Å². The van der Waals surface area contributed by atoms with Crippen LogP contribution in [0.3, 0.4) is 0 Å². The van der Waals surface area contributed by atoms with Crippen molar-refractivity contribution in [1.29, 1.82) is 0 Å². The molecule has 11 heteroatoms. The van der Waals surface area contributed by atoms with Crippen LogP contribution in [0.4, 0.5) is 4.39 Å². The van der Waals surface area contributed by atoms with Crippen molar-refractivity contribution in [1.82, 2.24) is 15.3 Å². The van der Waals surface area contributed by atoms with E-state index in [1.54, 1.807) is 25.1 Å². The number of hydrogen-bond acceptors (Lipinski definition) is 6. The Morgan fingerprint density at radius 2 is 1.90 bits per heavy atom. The lowest BCUT2D eigenvalue weighted by atomic mass is 9.82. The quantitative estimate of drug-likeness (QED) is 0.227. The largest absolute Gasteiger partial charge is 0.489 e. The lowest BCUT2D eigenvalue weighted by molar-refractivity contribution is -0.123. The number of nitrogens with one attached hydrogen (secondary N) is 1. The van der Waals surface area contributed by atoms with Gasteiger partial charge < -0.3 is 20.2 Å². The van der Waals surface area contributed by atoms with Crippen LogP contribution in [0.25, 0.3) is 22.4 Å². The van der Waals surface area contributed by atoms with Gasteiger partial charge in [-0.15, -0.1) is 0 Å². The first-order valence-electron chi connectivity index (χ1n) is 13.9. The Morgan fingerprint density at radius 3 is 2.62 bits per heavy atom. The van der Waals surface area contributed by atoms with Gasteiger partial charge in [-0.25, -0.2) is 14.4 Å². The van der Waals surface area contributed by atoms with E-state index in [0.29, 0.717) is 51.9 Å². The van der Waals surface area contributed by atoms with Gasteiger partial charge in [-0.3, -0.25) is 9.59 Å². The number of pyridine rings is 1. The number of nitrogens with zero attached hydrogens (tertiary/aromatic N) is 2. The van der Waals surface area contributed by atoms with Gasteiger partial charge in [0.2, 0.25) is 5.91 Å². The fourth-order valence-corrected chi connectivity index (χ4v) is 6.00. The van der Waals surface area contributed by atoms with Gasteiger partial charge in [0.15, 0.2) is 11.5 Å². The molecular formula is C31H27Cl2FN4O4. The molecule has 0 spiro atoms. The molecule has 216 valence electrons. The maximum Gasteiger partial charge on any atom is 0.251 e. The SMILES string of the molecule is C[C@]1(C(N)=O)COc2c1cc([C@@H](CNC(=O)c1ccc3nc(C4CC4)oc3c1)C1CC1)nc2-c1ccc(F)c(Cl)c1Cl. The van der Waals surface area contributed by atoms with Crippen molar-refractivity contribution < 1.29 is 23.1 Å². The number of aromatic nitrogens is 2. The second-order valence-corrected chi connectivity index (χ2v) is 12.4. The van der Waals surface area contributed by atoms with Crippen LogP contribution in [-0.4, -0.2) is 34.9 Å². The summed E-state index contributed by atoms with van der Waals surface area (Å²) in [5.74, 6) is 0.118. The lowest BCUT2D eigenvalue weighted by Gasteiger charge is -2.22. The summed E-state index contributed by atoms with van der Waals surface area (Å²) in [6, 6.07) is 9.80. The number of carbonyl (C=O) groups is 2. The lowest BCUT2D eigenvalue weighted by Crippen LogP contribution is -2.40. The maximum atomic E-state index is 14.2. The van der Waals surface area contributed by atoms with Crippen LogP contribution in [0.5, 0.6) is 5.75 Å². The molecule has 2 aliphatic carbocycles. The fourth-order valence-electron chi connectivity index (χ4n) is 5.59. The summed E-state index contributed by atoms with van der Waals surface area (Å²) in [6.45, 7) is 2.05. The zero-order valence-electron chi connectivity index (χ0n) is 22.7. The molecule has 42 heavy (non-hydrogen) atoms. The van der Waals surface area contributed by atoms with E-state index >= 15 is 0 Å². The smallest absolute Gasteiger partial charge is 0.251 e. The van der Waals surface area contributed by atoms with Gasteiger partial charge in [0.05, 0.1) is 10.0 Å². The van der Waals surface area contributed by atoms with Crippen molar-refractivity contribution in [2.24, 2.45) is 11.7 Å². The predicted molar refractivity (Wildman–Crippen MR) is 155 cm³/mol. The van der Waals surface area contributed by atoms with Gasteiger partial charge in [0.25, 0.3) is 5.91 Å². The van der Waals surface area contributed by atoms with E-state index in [-0.39, 0.29) is 34.4 Å². The van der Waals surface area contributed by atoms with Crippen LogP contribution in [0, 0.1) is 11.7 Å². The third-order valence-electron chi connectivity index (χ3n) is 8.57. The number of benzene rings is 2. The number of rotatable bonds is 8. The molecule has 2 amide bonds. The first kappa shape index (κ1) is 27.2. The number of oxazole rings is 1. The van der Waals surface area contributed by atoms with E-state index in [2.05, 4.69) is 10.3 Å². The highest BCUT2D eigenvalue weighted by Gasteiger charge is 2.45. The molecule has 2 saturated carbocycles. The average Bonchev–Trinajstić information content (AvgIpc) is 3.91. The molecule has 0 saturated heterocycles. The molecule has 8 nitrogen and oxygen atoms in total. The summed E-state index contributed by atoms with van der Waals surface area (Å²) in [4.78, 5) is 35.3. The average molecular weight is 609 g/mol. The van der Waals surface area contributed by atoms with Crippen LogP contribution >= 0.6 is 23.2 Å². The molecule has 2 aromatic carbocycles. The summed E-state index contributed by atoms with van der Waals surface area (Å²) < 4.78 is 26.0. The number of primary amides is 1. The minimum absolute atomic E-state index is 0.0104. The Hall–Kier alpha value is -3.69. The van der Waals surface area contributed by atoms with Crippen LogP contribution in [-0.2, 0) is 10.2 Å². The predicted octanol–water partition coefficient (Wildman–Crippen LogP) is 6.27. The van der Waals surface area contributed by atoms with Crippen LogP contribution in [0.2, 0.25) is 10.0 Å². The van der Waals surface area contributed by atoms with Crippen molar-refractivity contribution in [3.05, 3.63) is 75.0 Å². The highest BCUT2D eigenvalue weighted by Crippen LogP contribution is 2.50. The van der Waals surface area contributed by atoms with E-state index in [1.807, 2.05) is 6.07 Å². The van der Waals surface area contributed by atoms with Crippen LogP contribution in [0.15, 0.2) is 40.8 Å². The van der Waals surface area contributed by atoms with Crippen LogP contribution in [0.1, 0.15) is 71.9 Å². The molecule has 1 aliphatic heterocycles. The standard InChI is InChI=1S/C31H27Cl2FN4O4/c1-31(30(35)40)13-41-27-19(31)11-22(37-26(27)17-7-8-20(34)25(33)24(17)32)18(14-2-3-14)12-36-28(39)16-6-9-21-23(10-16)42-29(38-21)15-4-5-15/h6-11,14-15,18H,2-5,12-13H2,1H3,(H2,35,40)(H,36,39)/t18-,31-/m0/s1. The Kier molecular flexibility index (Phi) is 6.44. The third-order valence-corrected chi connectivity index (χ3v) is 9.43. The topological polar surface area (TPSA) is 120 Å². The number of amides is 2. The van der Waals surface area contributed by atoms with Crippen molar-refractivity contribution in [2.45, 2.75) is 49.9 Å². The van der Waals surface area contributed by atoms with E-state index in [0.717, 1.165) is 37.1 Å². The first-order valence-corrected chi connectivity index (χ1v) is 14.7. The third kappa shape index (κ3) is 4.59. The number of fused-ring (bicyclic) bond motifs is 2. The second-order valence-electron chi connectivity index (χ2n) is 11.6. The monoisotopic (exact) mass is 608 g/mol. The number of hydrogen-bond donors (Lipinski definition) is 2. The summed E-state index contributed by atoms with van der Waals surface area (Å²) in [7, 11) is 0. The summed E-state index contributed by atoms with van der Waals surface area (Å²) in [5.41, 5.74) is 8.46. The molecule has 7 rings (SSSR count). The Bertz CT molecular complexity index is 1780. The highest BCUT2D eigenvalue weighted by atomic mass is 35.5. The number of carbonyl (C=O) groups excluding carboxylic acids is 2. The van der Waals surface area contributed by atoms with Gasteiger partial charge >= 0.3 is 0 Å². The van der Waals surface area contributed by atoms with Crippen molar-refractivity contribution in [3.63, 3.8) is 0 Å². The molecule has 2 fully saturated rings. The van der Waals surface area contributed by atoms with Gasteiger partial charge in [0.1, 0.15) is 34.8 Å². The first-order chi connectivity index (χ1) is 20.1. The molecule has 3 heterocycles. The molecule has 2 aromatic heterocycles. The zero-order valence-corrected chi connectivity index (χ0v) is 24.2. The van der Waals surface area contributed by atoms with E-state index in [9.17, 15) is 14.0 Å². The zero-order chi connectivity index (χ0) is 29.3. The highest BCUT2D eigenvalue weighted by molar-refractivity contribution is 6.43. The number of halogens is 3. The van der Waals surface area contributed by atoms with E-state index < -0.39 is 17.1 Å². The molecule has 2 atom stereocenters. The second kappa shape index (κ2) is 9.95. The maximum absolute atomic E-state index is 14.2. The minimum atomic E-state index is -1.11. The summed E-state index contributed by atoms with van der Waals surface area (Å²) >= 11 is 12.6. The van der Waals surface area contributed by atoms with Gasteiger partial charge in [-0.2, -0.15) is 0 Å². The Labute approximate surface area is 250 Å². The fraction of sp³-hybridized carbons (Fsp3) is 0.355. The molecule has 0 unspecified atom stereocenters. The molecule has 0 radical (unpaired) electrons. The van der Waals surface area contributed by atoms with Crippen molar-refractivity contribution in [3.8, 4) is 17.0 Å². The van der Waals surface area contributed by atoms with E-state index in [4.69, 9.17) is 43.1 Å². The van der Waals surface area contributed by atoms with Crippen molar-refractivity contribution in [2.75, 3.05) is 13.2 Å². The summed E-state index contributed by atoms with van der Waals surface area (Å²) in [6.07, 6.45) is 4.09. The summed E-state index contributed by atoms with van der Waals surface area (Å²) in [5, 5.41) is 2.82. The molecular weight excluding hydrogens is 582 g/mol. The Balaban J connectivity index is 1.23.